The molecule has 1 heterocycles. The van der Waals surface area contributed by atoms with Crippen LogP contribution in [-0.4, -0.2) is 12.7 Å². The minimum Gasteiger partial charge on any atom is -0.373 e. The Balaban J connectivity index is 2.25. The van der Waals surface area contributed by atoms with Gasteiger partial charge in [0.2, 0.25) is 0 Å². The zero-order valence-corrected chi connectivity index (χ0v) is 12.0. The number of anilines is 1. The maximum atomic E-state index is 5.21. The Hall–Kier alpha value is 0.420. The number of nitrogens with zero attached hydrogens (tertiary/aromatic N) is 1. The summed E-state index contributed by atoms with van der Waals surface area (Å²) in [7, 11) is 0. The van der Waals surface area contributed by atoms with Gasteiger partial charge in [-0.2, -0.15) is 0 Å². The summed E-state index contributed by atoms with van der Waals surface area (Å²) in [6.45, 7) is 0.892. The molecule has 0 aromatic heterocycles. The third kappa shape index (κ3) is 2.51. The van der Waals surface area contributed by atoms with Crippen LogP contribution in [0.25, 0.3) is 0 Å². The normalized spacial score (nSPS) is 19.5. The van der Waals surface area contributed by atoms with Crippen molar-refractivity contribution < 1.29 is 4.74 Å². The molecular formula is C9H8Br3NO. The van der Waals surface area contributed by atoms with Gasteiger partial charge in [-0.15, -0.1) is 0 Å². The van der Waals surface area contributed by atoms with Gasteiger partial charge in [-0.25, -0.2) is 2.95 Å². The molecule has 0 saturated carbocycles. The quantitative estimate of drug-likeness (QED) is 0.580. The van der Waals surface area contributed by atoms with Gasteiger partial charge in [0, 0.05) is 10.9 Å². The molecule has 0 aliphatic carbocycles. The number of hydrogen-bond acceptors (Lipinski definition) is 2. The van der Waals surface area contributed by atoms with Crippen molar-refractivity contribution in [1.29, 1.82) is 0 Å². The Morgan fingerprint density at radius 3 is 2.71 bits per heavy atom. The lowest BCUT2D eigenvalue weighted by Gasteiger charge is -2.12. The van der Waals surface area contributed by atoms with E-state index in [4.69, 9.17) is 4.74 Å². The number of benzene rings is 1. The molecule has 0 amide bonds. The van der Waals surface area contributed by atoms with Gasteiger partial charge in [-0.05, 0) is 27.6 Å². The summed E-state index contributed by atoms with van der Waals surface area (Å²) in [6.07, 6.45) is 1.39. The molecule has 2 rings (SSSR count). The first-order valence-electron chi connectivity index (χ1n) is 4.19. The second-order valence-electron chi connectivity index (χ2n) is 3.14. The fourth-order valence-electron chi connectivity index (χ4n) is 1.29. The van der Waals surface area contributed by atoms with Gasteiger partial charge >= 0.3 is 0 Å². The summed E-state index contributed by atoms with van der Waals surface area (Å²) < 4.78 is 8.05. The van der Waals surface area contributed by atoms with E-state index in [2.05, 4.69) is 54.3 Å². The Morgan fingerprint density at radius 1 is 1.43 bits per heavy atom. The molecule has 0 spiro atoms. The van der Waals surface area contributed by atoms with Crippen molar-refractivity contribution in [1.82, 2.24) is 0 Å². The highest BCUT2D eigenvalue weighted by atomic mass is 79.9. The first-order valence-corrected chi connectivity index (χ1v) is 6.40. The average Bonchev–Trinajstić information content (AvgIpc) is 2.92. The van der Waals surface area contributed by atoms with E-state index in [0.717, 1.165) is 23.2 Å². The first-order chi connectivity index (χ1) is 6.68. The Labute approximate surface area is 108 Å². The lowest BCUT2D eigenvalue weighted by Crippen LogP contribution is -1.98. The van der Waals surface area contributed by atoms with Crippen LogP contribution in [0.3, 0.4) is 0 Å². The van der Waals surface area contributed by atoms with Crippen molar-refractivity contribution in [3.8, 4) is 0 Å². The molecule has 0 radical (unpaired) electrons. The van der Waals surface area contributed by atoms with Crippen LogP contribution in [0.5, 0.6) is 0 Å². The van der Waals surface area contributed by atoms with Crippen LogP contribution in [-0.2, 0) is 11.2 Å². The van der Waals surface area contributed by atoms with Crippen molar-refractivity contribution in [2.45, 2.75) is 12.5 Å². The molecule has 1 aliphatic heterocycles. The minimum absolute atomic E-state index is 0.417. The van der Waals surface area contributed by atoms with E-state index in [9.17, 15) is 0 Å². The fourth-order valence-corrected chi connectivity index (χ4v) is 2.96. The summed E-state index contributed by atoms with van der Waals surface area (Å²) in [5.41, 5.74) is 2.33. The lowest BCUT2D eigenvalue weighted by atomic mass is 10.1. The van der Waals surface area contributed by atoms with Crippen LogP contribution in [0.4, 0.5) is 5.69 Å². The van der Waals surface area contributed by atoms with Crippen LogP contribution >= 0.6 is 48.2 Å². The van der Waals surface area contributed by atoms with Gasteiger partial charge in [-0.1, -0.05) is 12.1 Å². The number of epoxide rings is 1. The summed E-state index contributed by atoms with van der Waals surface area (Å²) >= 11 is 10.3. The number of ether oxygens (including phenoxy) is 1. The number of rotatable bonds is 3. The standard InChI is InChI=1S/C9H8Br3NO/c10-9-6(4-7-5-14-7)2-1-3-8(9)13(11)12/h1-3,7H,4-5H2. The van der Waals surface area contributed by atoms with Crippen molar-refractivity contribution in [3.63, 3.8) is 0 Å². The van der Waals surface area contributed by atoms with Crippen LogP contribution in [0.15, 0.2) is 22.7 Å². The highest BCUT2D eigenvalue weighted by Crippen LogP contribution is 2.35. The van der Waals surface area contributed by atoms with Crippen LogP contribution in [0.2, 0.25) is 0 Å². The van der Waals surface area contributed by atoms with Crippen molar-refractivity contribution in [2.75, 3.05) is 9.56 Å². The van der Waals surface area contributed by atoms with E-state index in [0.29, 0.717) is 6.10 Å². The summed E-state index contributed by atoms with van der Waals surface area (Å²) in [5, 5.41) is 0. The molecule has 1 atom stereocenters. The second-order valence-corrected chi connectivity index (χ2v) is 6.31. The van der Waals surface area contributed by atoms with Crippen molar-refractivity contribution in [3.05, 3.63) is 28.2 Å². The zero-order chi connectivity index (χ0) is 10.1. The topological polar surface area (TPSA) is 15.8 Å². The van der Waals surface area contributed by atoms with E-state index in [1.54, 1.807) is 2.95 Å². The van der Waals surface area contributed by atoms with E-state index >= 15 is 0 Å². The van der Waals surface area contributed by atoms with Gasteiger partial charge in [-0.3, -0.25) is 0 Å². The molecule has 5 heteroatoms. The summed E-state index contributed by atoms with van der Waals surface area (Å²) in [5.74, 6) is 0. The number of halogens is 3. The lowest BCUT2D eigenvalue weighted by molar-refractivity contribution is 0.407. The Bertz CT molecular complexity index is 339. The maximum absolute atomic E-state index is 5.21. The average molecular weight is 386 g/mol. The first kappa shape index (κ1) is 10.9. The van der Waals surface area contributed by atoms with Gasteiger partial charge < -0.3 is 4.74 Å². The molecule has 0 bridgehead atoms. The predicted octanol–water partition coefficient (Wildman–Crippen LogP) is 3.82. The van der Waals surface area contributed by atoms with Crippen LogP contribution in [0, 0.1) is 0 Å². The smallest absolute Gasteiger partial charge is 0.0850 e. The highest BCUT2D eigenvalue weighted by molar-refractivity contribution is 9.25. The molecule has 2 nitrogen and oxygen atoms in total. The van der Waals surface area contributed by atoms with Gasteiger partial charge in [0.05, 0.1) is 50.7 Å². The maximum Gasteiger partial charge on any atom is 0.0850 e. The van der Waals surface area contributed by atoms with Crippen molar-refractivity contribution >= 4 is 53.9 Å². The largest absolute Gasteiger partial charge is 0.373 e. The predicted molar refractivity (Wildman–Crippen MR) is 67.9 cm³/mol. The Morgan fingerprint density at radius 2 is 2.14 bits per heavy atom. The second kappa shape index (κ2) is 4.51. The molecule has 76 valence electrons. The highest BCUT2D eigenvalue weighted by Gasteiger charge is 2.24. The SMILES string of the molecule is Brc1c(CC2CO2)cccc1N(Br)Br. The summed E-state index contributed by atoms with van der Waals surface area (Å²) in [6, 6.07) is 6.16. The fraction of sp³-hybridized carbons (Fsp3) is 0.333. The van der Waals surface area contributed by atoms with E-state index in [1.807, 2.05) is 12.1 Å². The third-order valence-corrected chi connectivity index (χ3v) is 3.77. The zero-order valence-electron chi connectivity index (χ0n) is 7.21. The summed E-state index contributed by atoms with van der Waals surface area (Å²) in [4.78, 5) is 0. The van der Waals surface area contributed by atoms with Gasteiger partial charge in [0.15, 0.2) is 0 Å². The van der Waals surface area contributed by atoms with Crippen LogP contribution < -0.4 is 2.95 Å². The van der Waals surface area contributed by atoms with E-state index in [-0.39, 0.29) is 0 Å². The van der Waals surface area contributed by atoms with E-state index in [1.165, 1.54) is 5.56 Å². The third-order valence-electron chi connectivity index (χ3n) is 2.09. The molecule has 1 unspecified atom stereocenters. The minimum atomic E-state index is 0.417. The molecule has 1 saturated heterocycles. The number of hydrogen-bond donors (Lipinski definition) is 0. The van der Waals surface area contributed by atoms with Gasteiger partial charge in [0.25, 0.3) is 0 Å². The molecule has 1 aromatic rings. The molecule has 14 heavy (non-hydrogen) atoms. The monoisotopic (exact) mass is 383 g/mol. The molecule has 0 N–H and O–H groups in total. The molecular weight excluding hydrogens is 378 g/mol. The Kier molecular flexibility index (Phi) is 3.52. The molecule has 1 fully saturated rings. The van der Waals surface area contributed by atoms with Gasteiger partial charge in [0.1, 0.15) is 0 Å². The molecule has 1 aromatic carbocycles. The van der Waals surface area contributed by atoms with E-state index < -0.39 is 0 Å². The molecule has 1 aliphatic rings. The van der Waals surface area contributed by atoms with Crippen molar-refractivity contribution in [2.24, 2.45) is 0 Å². The van der Waals surface area contributed by atoms with Crippen LogP contribution in [0.1, 0.15) is 5.56 Å².